The van der Waals surface area contributed by atoms with Crippen molar-refractivity contribution >= 4 is 17.5 Å². The number of hydrogen-bond donors (Lipinski definition) is 0. The zero-order valence-electron chi connectivity index (χ0n) is 16.4. The van der Waals surface area contributed by atoms with Crippen LogP contribution in [-0.4, -0.2) is 35.5 Å². The quantitative estimate of drug-likeness (QED) is 0.563. The molecule has 5 nitrogen and oxygen atoms in total. The number of nitrogens with zero attached hydrogens (tertiary/aromatic N) is 2. The van der Waals surface area contributed by atoms with Crippen molar-refractivity contribution in [2.75, 3.05) is 19.7 Å². The van der Waals surface area contributed by atoms with E-state index in [1.54, 1.807) is 23.2 Å². The number of ether oxygens (including phenoxy) is 1. The van der Waals surface area contributed by atoms with E-state index in [9.17, 15) is 9.18 Å². The number of aromatic nitrogens is 1. The normalized spacial score (nSPS) is 16.5. The Bertz CT molecular complexity index is 1020. The van der Waals surface area contributed by atoms with E-state index in [0.29, 0.717) is 30.4 Å². The summed E-state index contributed by atoms with van der Waals surface area (Å²) < 4.78 is 25.0. The molecule has 2 aromatic carbocycles. The molecule has 0 N–H and O–H groups in total. The number of amides is 1. The first-order valence-electron chi connectivity index (χ1n) is 9.93. The Balaban J connectivity index is 1.36. The molecule has 4 rings (SSSR count). The summed E-state index contributed by atoms with van der Waals surface area (Å²) in [5.74, 6) is 0.819. The lowest BCUT2D eigenvalue weighted by atomic mass is 9.98. The van der Waals surface area contributed by atoms with Gasteiger partial charge in [-0.2, -0.15) is 0 Å². The monoisotopic (exact) mass is 428 g/mol. The molecule has 0 spiro atoms. The van der Waals surface area contributed by atoms with Crippen LogP contribution in [-0.2, 0) is 11.2 Å². The second-order valence-electron chi connectivity index (χ2n) is 7.33. The van der Waals surface area contributed by atoms with E-state index in [0.717, 1.165) is 24.2 Å². The highest BCUT2D eigenvalue weighted by atomic mass is 35.5. The molecule has 0 bridgehead atoms. The fraction of sp³-hybridized carbons (Fsp3) is 0.304. The Kier molecular flexibility index (Phi) is 6.33. The smallest absolute Gasteiger partial charge is 0.260 e. The van der Waals surface area contributed by atoms with Crippen molar-refractivity contribution in [3.05, 3.63) is 82.8 Å². The molecule has 1 atom stereocenters. The van der Waals surface area contributed by atoms with Crippen molar-refractivity contribution in [3.63, 3.8) is 0 Å². The average Bonchev–Trinajstić information content (AvgIpc) is 3.23. The summed E-state index contributed by atoms with van der Waals surface area (Å²) in [6.45, 7) is 0.950. The van der Waals surface area contributed by atoms with Crippen LogP contribution in [0.2, 0.25) is 5.02 Å². The summed E-state index contributed by atoms with van der Waals surface area (Å²) in [6, 6.07) is 13.7. The minimum Gasteiger partial charge on any atom is -0.481 e. The van der Waals surface area contributed by atoms with Crippen LogP contribution >= 0.6 is 11.6 Å². The fourth-order valence-corrected chi connectivity index (χ4v) is 3.82. The van der Waals surface area contributed by atoms with Gasteiger partial charge in [0.1, 0.15) is 5.76 Å². The standard InChI is InChI=1S/C23H22ClFN2O3/c24-19-8-2-1-6-16(19)12-18-13-26-23(30-18)17-7-5-11-27(14-17)22(28)15-29-21-10-4-3-9-20(21)25/h1-4,6,8-10,13,17H,5,7,11-12,14-15H2. The molecule has 1 fully saturated rings. The van der Waals surface area contributed by atoms with E-state index in [4.69, 9.17) is 20.8 Å². The number of benzene rings is 2. The number of carbonyl (C=O) groups is 1. The Hall–Kier alpha value is -2.86. The first-order chi connectivity index (χ1) is 14.6. The summed E-state index contributed by atoms with van der Waals surface area (Å²) in [7, 11) is 0. The highest BCUT2D eigenvalue weighted by Crippen LogP contribution is 2.28. The van der Waals surface area contributed by atoms with Gasteiger partial charge in [-0.3, -0.25) is 4.79 Å². The second-order valence-corrected chi connectivity index (χ2v) is 7.74. The maximum Gasteiger partial charge on any atom is 0.260 e. The van der Waals surface area contributed by atoms with Gasteiger partial charge in [0.15, 0.2) is 24.1 Å². The number of likely N-dealkylation sites (tertiary alicyclic amines) is 1. The van der Waals surface area contributed by atoms with Crippen LogP contribution in [0.4, 0.5) is 4.39 Å². The maximum absolute atomic E-state index is 13.7. The number of carbonyl (C=O) groups excluding carboxylic acids is 1. The van der Waals surface area contributed by atoms with Crippen molar-refractivity contribution in [1.29, 1.82) is 0 Å². The van der Waals surface area contributed by atoms with Crippen LogP contribution in [0.1, 0.15) is 36.0 Å². The summed E-state index contributed by atoms with van der Waals surface area (Å²) in [4.78, 5) is 18.7. The predicted molar refractivity (Wildman–Crippen MR) is 111 cm³/mol. The molecule has 3 aromatic rings. The third-order valence-corrected chi connectivity index (χ3v) is 5.57. The van der Waals surface area contributed by atoms with Gasteiger partial charge >= 0.3 is 0 Å². The zero-order valence-corrected chi connectivity index (χ0v) is 17.1. The van der Waals surface area contributed by atoms with Gasteiger partial charge in [-0.05, 0) is 36.6 Å². The third-order valence-electron chi connectivity index (χ3n) is 5.21. The summed E-state index contributed by atoms with van der Waals surface area (Å²) in [6.07, 6.45) is 4.03. The van der Waals surface area contributed by atoms with Gasteiger partial charge in [0.05, 0.1) is 12.1 Å². The van der Waals surface area contributed by atoms with Crippen molar-refractivity contribution in [2.24, 2.45) is 0 Å². The molecule has 1 aliphatic rings. The average molecular weight is 429 g/mol. The first-order valence-corrected chi connectivity index (χ1v) is 10.3. The van der Waals surface area contributed by atoms with Crippen molar-refractivity contribution in [3.8, 4) is 5.75 Å². The molecule has 1 amide bonds. The number of rotatable bonds is 6. The number of oxazole rings is 1. The second kappa shape index (κ2) is 9.30. The van der Waals surface area contributed by atoms with Crippen molar-refractivity contribution in [2.45, 2.75) is 25.2 Å². The molecular weight excluding hydrogens is 407 g/mol. The third kappa shape index (κ3) is 4.82. The van der Waals surface area contributed by atoms with E-state index in [2.05, 4.69) is 4.98 Å². The highest BCUT2D eigenvalue weighted by Gasteiger charge is 2.28. The van der Waals surface area contributed by atoms with Gasteiger partial charge in [-0.25, -0.2) is 9.37 Å². The lowest BCUT2D eigenvalue weighted by Gasteiger charge is -2.31. The van der Waals surface area contributed by atoms with Gasteiger partial charge in [0.2, 0.25) is 0 Å². The molecule has 0 radical (unpaired) electrons. The van der Waals surface area contributed by atoms with Crippen LogP contribution in [0.25, 0.3) is 0 Å². The van der Waals surface area contributed by atoms with Crippen molar-refractivity contribution in [1.82, 2.24) is 9.88 Å². The minimum absolute atomic E-state index is 0.0242. The molecule has 0 saturated carbocycles. The Labute approximate surface area is 179 Å². The largest absolute Gasteiger partial charge is 0.481 e. The molecule has 156 valence electrons. The van der Waals surface area contributed by atoms with Crippen LogP contribution in [0.3, 0.4) is 0 Å². The molecule has 7 heteroatoms. The summed E-state index contributed by atoms with van der Waals surface area (Å²) in [5, 5.41) is 0.694. The lowest BCUT2D eigenvalue weighted by molar-refractivity contribution is -0.134. The number of piperidine rings is 1. The topological polar surface area (TPSA) is 55.6 Å². The Morgan fingerprint density at radius 1 is 1.23 bits per heavy atom. The van der Waals surface area contributed by atoms with Crippen LogP contribution < -0.4 is 4.74 Å². The van der Waals surface area contributed by atoms with Gasteiger partial charge in [-0.1, -0.05) is 41.9 Å². The number of hydrogen-bond acceptors (Lipinski definition) is 4. The van der Waals surface area contributed by atoms with E-state index in [1.807, 2.05) is 24.3 Å². The van der Waals surface area contributed by atoms with E-state index >= 15 is 0 Å². The van der Waals surface area contributed by atoms with Gasteiger partial charge in [0.25, 0.3) is 5.91 Å². The van der Waals surface area contributed by atoms with Gasteiger partial charge < -0.3 is 14.1 Å². The summed E-state index contributed by atoms with van der Waals surface area (Å²) in [5.41, 5.74) is 0.979. The van der Waals surface area contributed by atoms with Gasteiger partial charge in [0, 0.05) is 24.5 Å². The van der Waals surface area contributed by atoms with Crippen LogP contribution in [0, 0.1) is 5.82 Å². The summed E-state index contributed by atoms with van der Waals surface area (Å²) >= 11 is 6.23. The molecule has 0 aliphatic carbocycles. The molecule has 2 heterocycles. The molecule has 1 aromatic heterocycles. The van der Waals surface area contributed by atoms with E-state index in [1.165, 1.54) is 12.1 Å². The maximum atomic E-state index is 13.7. The fourth-order valence-electron chi connectivity index (χ4n) is 3.62. The van der Waals surface area contributed by atoms with Crippen molar-refractivity contribution < 1.29 is 18.3 Å². The molecule has 1 unspecified atom stereocenters. The lowest BCUT2D eigenvalue weighted by Crippen LogP contribution is -2.41. The minimum atomic E-state index is -0.479. The molecule has 30 heavy (non-hydrogen) atoms. The number of para-hydroxylation sites is 1. The SMILES string of the molecule is O=C(COc1ccccc1F)N1CCCC(c2ncc(Cc3ccccc3Cl)o2)C1. The highest BCUT2D eigenvalue weighted by molar-refractivity contribution is 6.31. The molecule has 1 aliphatic heterocycles. The van der Waals surface area contributed by atoms with E-state index < -0.39 is 5.82 Å². The zero-order chi connectivity index (χ0) is 20.9. The van der Waals surface area contributed by atoms with Crippen LogP contribution in [0.15, 0.2) is 59.1 Å². The molecule has 1 saturated heterocycles. The van der Waals surface area contributed by atoms with E-state index in [-0.39, 0.29) is 24.2 Å². The predicted octanol–water partition coefficient (Wildman–Crippen LogP) is 4.84. The van der Waals surface area contributed by atoms with Gasteiger partial charge in [-0.15, -0.1) is 0 Å². The van der Waals surface area contributed by atoms with Crippen LogP contribution in [0.5, 0.6) is 5.75 Å². The first kappa shape index (κ1) is 20.4. The Morgan fingerprint density at radius 3 is 2.87 bits per heavy atom. The Morgan fingerprint density at radius 2 is 2.03 bits per heavy atom. The number of halogens is 2. The molecular formula is C23H22ClFN2O3.